The van der Waals surface area contributed by atoms with Crippen molar-refractivity contribution in [3.8, 4) is 0 Å². The average Bonchev–Trinajstić information content (AvgIpc) is 3.51. The highest BCUT2D eigenvalue weighted by molar-refractivity contribution is 7.15. The molecule has 1 aromatic carbocycles. The number of carbonyl (C=O) groups excluding carboxylic acids is 3. The van der Waals surface area contributed by atoms with Crippen LogP contribution in [0.1, 0.15) is 78.8 Å². The summed E-state index contributed by atoms with van der Waals surface area (Å²) in [4.78, 5) is 44.5. The first-order chi connectivity index (χ1) is 18.1. The Balaban J connectivity index is 1.92. The van der Waals surface area contributed by atoms with Crippen LogP contribution in [0.25, 0.3) is 16.5 Å². The van der Waals surface area contributed by atoms with Gasteiger partial charge in [0.1, 0.15) is 5.82 Å². The third kappa shape index (κ3) is 6.25. The Labute approximate surface area is 228 Å². The van der Waals surface area contributed by atoms with Crippen molar-refractivity contribution in [1.82, 2.24) is 4.98 Å². The van der Waals surface area contributed by atoms with E-state index >= 15 is 0 Å². The molecule has 0 spiro atoms. The number of benzene rings is 1. The highest BCUT2D eigenvalue weighted by atomic mass is 32.1. The maximum Gasteiger partial charge on any atom is 0.266 e. The lowest BCUT2D eigenvalue weighted by Gasteiger charge is -2.23. The molecule has 3 rings (SSSR count). The van der Waals surface area contributed by atoms with Crippen LogP contribution in [0.5, 0.6) is 0 Å². The van der Waals surface area contributed by atoms with Crippen molar-refractivity contribution in [3.05, 3.63) is 64.4 Å². The summed E-state index contributed by atoms with van der Waals surface area (Å²) in [5.74, 6) is -0.460. The molecule has 8 heteroatoms. The number of aromatic nitrogens is 1. The summed E-state index contributed by atoms with van der Waals surface area (Å²) in [7, 11) is 0. The summed E-state index contributed by atoms with van der Waals surface area (Å²) in [5.41, 5.74) is 8.23. The average molecular weight is 535 g/mol. The van der Waals surface area contributed by atoms with Gasteiger partial charge in [0.15, 0.2) is 0 Å². The fourth-order valence-corrected chi connectivity index (χ4v) is 5.47. The van der Waals surface area contributed by atoms with E-state index in [1.54, 1.807) is 29.2 Å². The molecule has 7 nitrogen and oxygen atoms in total. The number of nitrogens with one attached hydrogen (secondary N) is 2. The number of hydrogen-bond donors (Lipinski definition) is 3. The van der Waals surface area contributed by atoms with E-state index < -0.39 is 5.91 Å². The summed E-state index contributed by atoms with van der Waals surface area (Å²) in [5, 5.41) is 3.41. The molecule has 0 aliphatic carbocycles. The number of amides is 3. The molecule has 0 aliphatic rings. The van der Waals surface area contributed by atoms with Crippen LogP contribution in [0.15, 0.2) is 49.1 Å². The SMILES string of the molecule is C=CC(=CC(CC)CCC)c1ccc(C(=O)Nc2[nH]c3cc(N(CC)C(=O)C(C)C)ccc3c2C(N)=O)s1. The van der Waals surface area contributed by atoms with Crippen molar-refractivity contribution in [2.24, 2.45) is 17.6 Å². The highest BCUT2D eigenvalue weighted by Crippen LogP contribution is 2.32. The summed E-state index contributed by atoms with van der Waals surface area (Å²) in [6, 6.07) is 9.02. The fraction of sp³-hybridized carbons (Fsp3) is 0.367. The number of hydrogen-bond acceptors (Lipinski definition) is 4. The van der Waals surface area contributed by atoms with Crippen molar-refractivity contribution in [3.63, 3.8) is 0 Å². The Bertz CT molecular complexity index is 1360. The molecular weight excluding hydrogens is 496 g/mol. The number of H-pyrrole nitrogens is 1. The van der Waals surface area contributed by atoms with E-state index in [0.29, 0.717) is 33.9 Å². The molecule has 4 N–H and O–H groups in total. The number of fused-ring (bicyclic) bond motifs is 1. The summed E-state index contributed by atoms with van der Waals surface area (Å²) in [6.45, 7) is 14.4. The zero-order chi connectivity index (χ0) is 28.0. The maximum atomic E-state index is 13.2. The van der Waals surface area contributed by atoms with Crippen LogP contribution in [0.4, 0.5) is 11.5 Å². The van der Waals surface area contributed by atoms with E-state index in [1.165, 1.54) is 11.3 Å². The monoisotopic (exact) mass is 534 g/mol. The number of anilines is 2. The molecule has 0 radical (unpaired) electrons. The summed E-state index contributed by atoms with van der Waals surface area (Å²) < 4.78 is 0. The van der Waals surface area contributed by atoms with E-state index in [2.05, 4.69) is 36.8 Å². The molecule has 2 aromatic heterocycles. The molecule has 1 atom stereocenters. The van der Waals surface area contributed by atoms with Crippen molar-refractivity contribution in [1.29, 1.82) is 0 Å². The van der Waals surface area contributed by atoms with E-state index in [1.807, 2.05) is 32.9 Å². The van der Waals surface area contributed by atoms with Gasteiger partial charge in [0.25, 0.3) is 11.8 Å². The van der Waals surface area contributed by atoms with Crippen LogP contribution in [-0.4, -0.2) is 29.3 Å². The number of aromatic amines is 1. The number of primary amides is 1. The molecule has 38 heavy (non-hydrogen) atoms. The molecule has 0 fully saturated rings. The smallest absolute Gasteiger partial charge is 0.266 e. The van der Waals surface area contributed by atoms with Gasteiger partial charge in [0, 0.05) is 33.9 Å². The van der Waals surface area contributed by atoms with Crippen molar-refractivity contribution in [2.45, 2.75) is 53.9 Å². The predicted molar refractivity (Wildman–Crippen MR) is 159 cm³/mol. The van der Waals surface area contributed by atoms with Gasteiger partial charge in [-0.15, -0.1) is 11.3 Å². The molecular formula is C30H38N4O3S. The third-order valence-corrected chi connectivity index (χ3v) is 7.72. The molecule has 0 saturated carbocycles. The molecule has 202 valence electrons. The largest absolute Gasteiger partial charge is 0.365 e. The molecule has 1 unspecified atom stereocenters. The van der Waals surface area contributed by atoms with Gasteiger partial charge >= 0.3 is 0 Å². The van der Waals surface area contributed by atoms with Crippen molar-refractivity contribution in [2.75, 3.05) is 16.8 Å². The van der Waals surface area contributed by atoms with Crippen LogP contribution in [0, 0.1) is 11.8 Å². The normalized spacial score (nSPS) is 12.5. The fourth-order valence-electron chi connectivity index (χ4n) is 4.55. The Morgan fingerprint density at radius 3 is 2.42 bits per heavy atom. The Hall–Kier alpha value is -3.65. The van der Waals surface area contributed by atoms with E-state index in [4.69, 9.17) is 5.73 Å². The molecule has 0 saturated heterocycles. The van der Waals surface area contributed by atoms with Crippen LogP contribution in [-0.2, 0) is 4.79 Å². The van der Waals surface area contributed by atoms with Crippen molar-refractivity contribution < 1.29 is 14.4 Å². The first kappa shape index (κ1) is 28.9. The second-order valence-electron chi connectivity index (χ2n) is 9.61. The lowest BCUT2D eigenvalue weighted by Crippen LogP contribution is -2.33. The van der Waals surface area contributed by atoms with E-state index in [0.717, 1.165) is 29.7 Å². The van der Waals surface area contributed by atoms with Gasteiger partial charge in [0.05, 0.1) is 10.4 Å². The minimum atomic E-state index is -0.657. The minimum absolute atomic E-state index is 0.00320. The minimum Gasteiger partial charge on any atom is -0.365 e. The summed E-state index contributed by atoms with van der Waals surface area (Å²) in [6.07, 6.45) is 7.32. The predicted octanol–water partition coefficient (Wildman–Crippen LogP) is 6.99. The Kier molecular flexibility index (Phi) is 9.69. The van der Waals surface area contributed by atoms with Gasteiger partial charge < -0.3 is 20.9 Å². The van der Waals surface area contributed by atoms with Gasteiger partial charge in [-0.3, -0.25) is 14.4 Å². The summed E-state index contributed by atoms with van der Waals surface area (Å²) >= 11 is 1.37. The number of thiophene rings is 1. The van der Waals surface area contributed by atoms with Gasteiger partial charge in [0.2, 0.25) is 5.91 Å². The van der Waals surface area contributed by atoms with Gasteiger partial charge in [-0.25, -0.2) is 0 Å². The van der Waals surface area contributed by atoms with Crippen molar-refractivity contribution >= 4 is 57.0 Å². The number of nitrogens with two attached hydrogens (primary N) is 1. The Morgan fingerprint density at radius 1 is 1.13 bits per heavy atom. The van der Waals surface area contributed by atoms with Crippen LogP contribution >= 0.6 is 11.3 Å². The highest BCUT2D eigenvalue weighted by Gasteiger charge is 2.22. The first-order valence-corrected chi connectivity index (χ1v) is 14.0. The van der Waals surface area contributed by atoms with Crippen LogP contribution in [0.3, 0.4) is 0 Å². The lowest BCUT2D eigenvalue weighted by molar-refractivity contribution is -0.121. The topological polar surface area (TPSA) is 108 Å². The maximum absolute atomic E-state index is 13.2. The van der Waals surface area contributed by atoms with Gasteiger partial charge in [-0.1, -0.05) is 52.8 Å². The standard InChI is InChI=1S/C30H38N4O3S/c1-7-11-19(8-2)16-20(9-3)24-14-15-25(38-24)29(36)33-28-26(27(31)35)22-13-12-21(17-23(22)32-28)34(10-4)30(37)18(5)6/h9,12-19,32H,3,7-8,10-11H2,1-2,4-6H3,(H2,31,35)(H,33,36). The molecule has 0 bridgehead atoms. The zero-order valence-corrected chi connectivity index (χ0v) is 23.7. The number of allylic oxidation sites excluding steroid dienone is 3. The second kappa shape index (κ2) is 12.7. The molecule has 2 heterocycles. The molecule has 3 amide bonds. The zero-order valence-electron chi connectivity index (χ0n) is 22.9. The second-order valence-corrected chi connectivity index (χ2v) is 10.7. The number of carbonyl (C=O) groups is 3. The molecule has 0 aliphatic heterocycles. The van der Waals surface area contributed by atoms with Crippen LogP contribution in [0.2, 0.25) is 0 Å². The quantitative estimate of drug-likeness (QED) is 0.218. The van der Waals surface area contributed by atoms with Gasteiger partial charge in [-0.2, -0.15) is 0 Å². The van der Waals surface area contributed by atoms with E-state index in [9.17, 15) is 14.4 Å². The number of nitrogens with zero attached hydrogens (tertiary/aromatic N) is 1. The van der Waals surface area contributed by atoms with Crippen LogP contribution < -0.4 is 16.0 Å². The lowest BCUT2D eigenvalue weighted by atomic mass is 9.97. The number of rotatable bonds is 12. The Morgan fingerprint density at radius 2 is 1.84 bits per heavy atom. The third-order valence-electron chi connectivity index (χ3n) is 6.59. The van der Waals surface area contributed by atoms with Gasteiger partial charge in [-0.05, 0) is 61.6 Å². The molecule has 3 aromatic rings. The van der Waals surface area contributed by atoms with E-state index in [-0.39, 0.29) is 29.1 Å². The first-order valence-electron chi connectivity index (χ1n) is 13.2.